The molecule has 0 bridgehead atoms. The summed E-state index contributed by atoms with van der Waals surface area (Å²) in [5, 5.41) is 5.31. The molecular formula is C17H14BrFN2. The normalized spacial score (nSPS) is 12.5. The van der Waals surface area contributed by atoms with Gasteiger partial charge in [-0.05, 0) is 30.1 Å². The average Bonchev–Trinajstić information content (AvgIpc) is 2.51. The number of hydrogen-bond donors (Lipinski definition) is 1. The van der Waals surface area contributed by atoms with E-state index in [1.54, 1.807) is 12.3 Å². The zero-order valence-electron chi connectivity index (χ0n) is 11.5. The highest BCUT2D eigenvalue weighted by atomic mass is 79.9. The molecule has 0 aliphatic carbocycles. The standard InChI is InChI=1S/C17H14BrFN2/c1-20-17(16-14(18)7-4-8-15(16)19)13-10-21-9-11-5-2-3-6-12(11)13/h2-10,17,20H,1H3. The maximum absolute atomic E-state index is 14.3. The van der Waals surface area contributed by atoms with Crippen molar-refractivity contribution in [1.82, 2.24) is 10.3 Å². The van der Waals surface area contributed by atoms with Crippen molar-refractivity contribution < 1.29 is 4.39 Å². The van der Waals surface area contributed by atoms with E-state index in [0.29, 0.717) is 5.56 Å². The Labute approximate surface area is 131 Å². The van der Waals surface area contributed by atoms with E-state index in [1.165, 1.54) is 6.07 Å². The van der Waals surface area contributed by atoms with E-state index in [9.17, 15) is 4.39 Å². The molecule has 2 nitrogen and oxygen atoms in total. The van der Waals surface area contributed by atoms with Crippen LogP contribution in [0.1, 0.15) is 17.2 Å². The Morgan fingerprint density at radius 2 is 1.90 bits per heavy atom. The van der Waals surface area contributed by atoms with Gasteiger partial charge in [0.15, 0.2) is 0 Å². The molecule has 0 spiro atoms. The fraction of sp³-hybridized carbons (Fsp3) is 0.118. The highest BCUT2D eigenvalue weighted by Crippen LogP contribution is 2.33. The highest BCUT2D eigenvalue weighted by molar-refractivity contribution is 9.10. The van der Waals surface area contributed by atoms with Crippen LogP contribution in [0.4, 0.5) is 4.39 Å². The number of pyridine rings is 1. The zero-order valence-corrected chi connectivity index (χ0v) is 13.1. The van der Waals surface area contributed by atoms with Gasteiger partial charge in [-0.15, -0.1) is 0 Å². The quantitative estimate of drug-likeness (QED) is 0.759. The number of aromatic nitrogens is 1. The smallest absolute Gasteiger partial charge is 0.129 e. The predicted molar refractivity (Wildman–Crippen MR) is 86.7 cm³/mol. The Balaban J connectivity index is 2.24. The van der Waals surface area contributed by atoms with Crippen LogP contribution in [0.2, 0.25) is 0 Å². The topological polar surface area (TPSA) is 24.9 Å². The second-order valence-corrected chi connectivity index (χ2v) is 5.66. The minimum Gasteiger partial charge on any atom is -0.309 e. The lowest BCUT2D eigenvalue weighted by atomic mass is 9.95. The lowest BCUT2D eigenvalue weighted by Crippen LogP contribution is -2.20. The van der Waals surface area contributed by atoms with Crippen molar-refractivity contribution in [3.8, 4) is 0 Å². The maximum atomic E-state index is 14.3. The van der Waals surface area contributed by atoms with Crippen LogP contribution < -0.4 is 5.32 Å². The molecular weight excluding hydrogens is 331 g/mol. The van der Waals surface area contributed by atoms with Crippen LogP contribution in [-0.4, -0.2) is 12.0 Å². The summed E-state index contributed by atoms with van der Waals surface area (Å²) in [6.07, 6.45) is 3.62. The second kappa shape index (κ2) is 5.92. The van der Waals surface area contributed by atoms with Crippen LogP contribution in [0.15, 0.2) is 59.3 Å². The van der Waals surface area contributed by atoms with Crippen molar-refractivity contribution in [3.63, 3.8) is 0 Å². The average molecular weight is 345 g/mol. The molecule has 0 aliphatic heterocycles. The Hall–Kier alpha value is -1.78. The van der Waals surface area contributed by atoms with Crippen LogP contribution in [0.25, 0.3) is 10.8 Å². The van der Waals surface area contributed by atoms with Crippen molar-refractivity contribution in [1.29, 1.82) is 0 Å². The first-order chi connectivity index (χ1) is 10.2. The Morgan fingerprint density at radius 1 is 1.10 bits per heavy atom. The van der Waals surface area contributed by atoms with Crippen LogP contribution in [0, 0.1) is 5.82 Å². The van der Waals surface area contributed by atoms with E-state index < -0.39 is 0 Å². The molecule has 0 saturated carbocycles. The van der Waals surface area contributed by atoms with Crippen molar-refractivity contribution in [2.45, 2.75) is 6.04 Å². The van der Waals surface area contributed by atoms with Gasteiger partial charge in [0, 0.05) is 27.8 Å². The summed E-state index contributed by atoms with van der Waals surface area (Å²) in [7, 11) is 1.82. The molecule has 1 N–H and O–H groups in total. The number of hydrogen-bond acceptors (Lipinski definition) is 2. The van der Waals surface area contributed by atoms with Gasteiger partial charge in [-0.25, -0.2) is 4.39 Å². The number of rotatable bonds is 3. The van der Waals surface area contributed by atoms with E-state index in [-0.39, 0.29) is 11.9 Å². The molecule has 1 atom stereocenters. The van der Waals surface area contributed by atoms with Gasteiger partial charge < -0.3 is 5.32 Å². The van der Waals surface area contributed by atoms with E-state index in [2.05, 4.69) is 26.2 Å². The van der Waals surface area contributed by atoms with Gasteiger partial charge in [-0.1, -0.05) is 46.3 Å². The minimum absolute atomic E-state index is 0.239. The van der Waals surface area contributed by atoms with Crippen LogP contribution in [-0.2, 0) is 0 Å². The summed E-state index contributed by atoms with van der Waals surface area (Å²) in [4.78, 5) is 4.29. The Morgan fingerprint density at radius 3 is 2.67 bits per heavy atom. The number of nitrogens with one attached hydrogen (secondary N) is 1. The first-order valence-corrected chi connectivity index (χ1v) is 7.45. The summed E-state index contributed by atoms with van der Waals surface area (Å²) < 4.78 is 15.0. The van der Waals surface area contributed by atoms with Gasteiger partial charge >= 0.3 is 0 Å². The number of benzene rings is 2. The Bertz CT molecular complexity index is 763. The van der Waals surface area contributed by atoms with E-state index in [0.717, 1.165) is 20.8 Å². The summed E-state index contributed by atoms with van der Waals surface area (Å²) in [5.74, 6) is -0.239. The van der Waals surface area contributed by atoms with Crippen LogP contribution in [0.3, 0.4) is 0 Å². The van der Waals surface area contributed by atoms with Crippen molar-refractivity contribution in [2.75, 3.05) is 7.05 Å². The van der Waals surface area contributed by atoms with Gasteiger partial charge in [0.05, 0.1) is 6.04 Å². The minimum atomic E-state index is -0.265. The van der Waals surface area contributed by atoms with Gasteiger partial charge in [-0.2, -0.15) is 0 Å². The largest absolute Gasteiger partial charge is 0.309 e. The Kier molecular flexibility index (Phi) is 3.99. The van der Waals surface area contributed by atoms with Crippen LogP contribution >= 0.6 is 15.9 Å². The fourth-order valence-corrected chi connectivity index (χ4v) is 3.18. The molecule has 4 heteroatoms. The summed E-state index contributed by atoms with van der Waals surface area (Å²) in [5.41, 5.74) is 1.56. The molecule has 1 aromatic heterocycles. The SMILES string of the molecule is CNC(c1c(F)cccc1Br)c1cncc2ccccc12. The van der Waals surface area contributed by atoms with Crippen molar-refractivity contribution in [3.05, 3.63) is 76.3 Å². The molecule has 0 amide bonds. The van der Waals surface area contributed by atoms with E-state index >= 15 is 0 Å². The van der Waals surface area contributed by atoms with Gasteiger partial charge in [0.2, 0.25) is 0 Å². The number of fused-ring (bicyclic) bond motifs is 1. The van der Waals surface area contributed by atoms with Gasteiger partial charge in [-0.3, -0.25) is 4.98 Å². The molecule has 2 aromatic carbocycles. The number of nitrogens with zero attached hydrogens (tertiary/aromatic N) is 1. The van der Waals surface area contributed by atoms with E-state index in [4.69, 9.17) is 0 Å². The predicted octanol–water partition coefficient (Wildman–Crippen LogP) is 4.45. The molecule has 0 fully saturated rings. The third-order valence-electron chi connectivity index (χ3n) is 3.59. The maximum Gasteiger partial charge on any atom is 0.129 e. The third-order valence-corrected chi connectivity index (χ3v) is 4.28. The fourth-order valence-electron chi connectivity index (χ4n) is 2.61. The monoisotopic (exact) mass is 344 g/mol. The molecule has 1 unspecified atom stereocenters. The molecule has 3 rings (SSSR count). The molecule has 21 heavy (non-hydrogen) atoms. The van der Waals surface area contributed by atoms with E-state index in [1.807, 2.05) is 43.6 Å². The van der Waals surface area contributed by atoms with Crippen molar-refractivity contribution in [2.24, 2.45) is 0 Å². The molecule has 0 radical (unpaired) electrons. The molecule has 3 aromatic rings. The molecule has 0 aliphatic rings. The summed E-state index contributed by atoms with van der Waals surface area (Å²) in [6, 6.07) is 12.7. The highest BCUT2D eigenvalue weighted by Gasteiger charge is 2.21. The zero-order chi connectivity index (χ0) is 14.8. The number of halogens is 2. The van der Waals surface area contributed by atoms with Crippen molar-refractivity contribution >= 4 is 26.7 Å². The molecule has 1 heterocycles. The first-order valence-electron chi connectivity index (χ1n) is 6.66. The first kappa shape index (κ1) is 14.2. The lowest BCUT2D eigenvalue weighted by Gasteiger charge is -2.20. The van der Waals surface area contributed by atoms with Crippen LogP contribution in [0.5, 0.6) is 0 Å². The second-order valence-electron chi connectivity index (χ2n) is 4.81. The van der Waals surface area contributed by atoms with Gasteiger partial charge in [0.25, 0.3) is 0 Å². The molecule has 0 saturated heterocycles. The molecule has 106 valence electrons. The third kappa shape index (κ3) is 2.57. The summed E-state index contributed by atoms with van der Waals surface area (Å²) in [6.45, 7) is 0. The van der Waals surface area contributed by atoms with Gasteiger partial charge in [0.1, 0.15) is 5.82 Å². The summed E-state index contributed by atoms with van der Waals surface area (Å²) >= 11 is 3.45. The lowest BCUT2D eigenvalue weighted by molar-refractivity contribution is 0.574.